The Labute approximate surface area is 182 Å². The summed E-state index contributed by atoms with van der Waals surface area (Å²) in [6.45, 7) is 0. The summed E-state index contributed by atoms with van der Waals surface area (Å²) in [6.07, 6.45) is 1.46. The van der Waals surface area contributed by atoms with Gasteiger partial charge in [0.15, 0.2) is 11.5 Å². The number of hydrogen-bond acceptors (Lipinski definition) is 7. The first-order chi connectivity index (χ1) is 15.4. The van der Waals surface area contributed by atoms with Crippen molar-refractivity contribution in [1.29, 1.82) is 0 Å². The molecule has 3 aromatic rings. The average Bonchev–Trinajstić information content (AvgIpc) is 3.32. The molecule has 2 aromatic carbocycles. The van der Waals surface area contributed by atoms with Gasteiger partial charge in [0, 0.05) is 23.4 Å². The summed E-state index contributed by atoms with van der Waals surface area (Å²) in [7, 11) is 3.08. The number of fused-ring (bicyclic) bond motifs is 1. The van der Waals surface area contributed by atoms with E-state index in [1.54, 1.807) is 25.4 Å². The van der Waals surface area contributed by atoms with E-state index in [2.05, 4.69) is 15.7 Å². The highest BCUT2D eigenvalue weighted by molar-refractivity contribution is 6.04. The summed E-state index contributed by atoms with van der Waals surface area (Å²) >= 11 is 0. The van der Waals surface area contributed by atoms with Crippen LogP contribution < -0.4 is 20.1 Å². The molecule has 0 saturated carbocycles. The number of non-ortho nitro benzene ring substituents is 1. The summed E-state index contributed by atoms with van der Waals surface area (Å²) in [4.78, 5) is 35.2. The number of carbonyl (C=O) groups is 2. The largest absolute Gasteiger partial charge is 0.493 e. The number of nitrogens with zero attached hydrogens (tertiary/aromatic N) is 3. The van der Waals surface area contributed by atoms with Gasteiger partial charge in [-0.25, -0.2) is 4.68 Å². The lowest BCUT2D eigenvalue weighted by atomic mass is 10.1. The number of benzene rings is 2. The highest BCUT2D eigenvalue weighted by Crippen LogP contribution is 2.39. The van der Waals surface area contributed by atoms with Crippen molar-refractivity contribution in [3.05, 3.63) is 58.8 Å². The number of amides is 2. The molecule has 1 aromatic heterocycles. The number of hydrogen-bond donors (Lipinski definition) is 2. The lowest BCUT2D eigenvalue weighted by molar-refractivity contribution is -0.384. The van der Waals surface area contributed by atoms with Gasteiger partial charge >= 0.3 is 0 Å². The van der Waals surface area contributed by atoms with Crippen molar-refractivity contribution in [3.8, 4) is 22.6 Å². The van der Waals surface area contributed by atoms with Crippen molar-refractivity contribution < 1.29 is 24.0 Å². The van der Waals surface area contributed by atoms with E-state index in [-0.39, 0.29) is 18.0 Å². The number of methoxy groups -OCH3 is 2. The van der Waals surface area contributed by atoms with Crippen LogP contribution in [0.25, 0.3) is 11.1 Å². The number of nitro groups is 1. The smallest absolute Gasteiger partial charge is 0.269 e. The second-order valence-electron chi connectivity index (χ2n) is 6.98. The van der Waals surface area contributed by atoms with E-state index < -0.39 is 16.9 Å². The highest BCUT2D eigenvalue weighted by atomic mass is 16.6. The quantitative estimate of drug-likeness (QED) is 0.428. The van der Waals surface area contributed by atoms with Crippen LogP contribution in [0.2, 0.25) is 0 Å². The molecule has 0 aliphatic carbocycles. The zero-order valence-electron chi connectivity index (χ0n) is 17.2. The molecule has 4 rings (SSSR count). The first-order valence-corrected chi connectivity index (χ1v) is 9.56. The second-order valence-corrected chi connectivity index (χ2v) is 6.98. The van der Waals surface area contributed by atoms with Crippen LogP contribution in [0.4, 0.5) is 17.2 Å². The number of carbonyl (C=O) groups excluding carboxylic acids is 2. The predicted octanol–water partition coefficient (Wildman–Crippen LogP) is 3.00. The van der Waals surface area contributed by atoms with Gasteiger partial charge in [0.25, 0.3) is 11.6 Å². The molecule has 0 saturated heterocycles. The van der Waals surface area contributed by atoms with Crippen LogP contribution in [0, 0.1) is 10.1 Å². The molecular weight excluding hydrogens is 418 g/mol. The predicted molar refractivity (Wildman–Crippen MR) is 115 cm³/mol. The summed E-state index contributed by atoms with van der Waals surface area (Å²) in [5.41, 5.74) is 1.76. The Kier molecular flexibility index (Phi) is 5.46. The molecule has 164 valence electrons. The molecule has 2 heterocycles. The van der Waals surface area contributed by atoms with Gasteiger partial charge in [-0.15, -0.1) is 0 Å². The maximum atomic E-state index is 12.5. The van der Waals surface area contributed by atoms with Gasteiger partial charge < -0.3 is 20.1 Å². The molecule has 11 nitrogen and oxygen atoms in total. The van der Waals surface area contributed by atoms with Crippen LogP contribution in [-0.4, -0.2) is 40.7 Å². The summed E-state index contributed by atoms with van der Waals surface area (Å²) < 4.78 is 12.1. The number of nitrogens with one attached hydrogen (secondary N) is 2. The van der Waals surface area contributed by atoms with E-state index in [4.69, 9.17) is 9.47 Å². The highest BCUT2D eigenvalue weighted by Gasteiger charge is 2.35. The molecular formula is C21H19N5O6. The standard InChI is InChI=1S/C21H19N5O6/c1-31-17-8-3-12(9-18(17)32-2)15-11-22-25-16(21(28)24-20(15)25)10-19(27)23-13-4-6-14(7-5-13)26(29)30/h3-9,11,16H,10H2,1-2H3,(H,23,27)(H,24,28). The van der Waals surface area contributed by atoms with Crippen LogP contribution in [0.1, 0.15) is 12.5 Å². The molecule has 0 fully saturated rings. The van der Waals surface area contributed by atoms with Crippen molar-refractivity contribution in [2.45, 2.75) is 12.5 Å². The topological polar surface area (TPSA) is 138 Å². The molecule has 0 radical (unpaired) electrons. The zero-order valence-corrected chi connectivity index (χ0v) is 17.2. The van der Waals surface area contributed by atoms with Crippen molar-refractivity contribution in [3.63, 3.8) is 0 Å². The van der Waals surface area contributed by atoms with Gasteiger partial charge in [0.2, 0.25) is 5.91 Å². The molecule has 2 N–H and O–H groups in total. The third-order valence-electron chi connectivity index (χ3n) is 5.07. The minimum atomic E-state index is -0.822. The molecule has 0 bridgehead atoms. The average molecular weight is 437 g/mol. The summed E-state index contributed by atoms with van der Waals surface area (Å²) in [6, 6.07) is 9.97. The fraction of sp³-hybridized carbons (Fsp3) is 0.190. The van der Waals surface area contributed by atoms with Gasteiger partial charge in [-0.3, -0.25) is 19.7 Å². The number of aromatic nitrogens is 2. The molecule has 11 heteroatoms. The second kappa shape index (κ2) is 8.38. The number of ether oxygens (including phenoxy) is 2. The minimum Gasteiger partial charge on any atom is -0.493 e. The fourth-order valence-electron chi connectivity index (χ4n) is 3.48. The zero-order chi connectivity index (χ0) is 22.8. The fourth-order valence-corrected chi connectivity index (χ4v) is 3.48. The normalized spacial score (nSPS) is 14.4. The Hall–Kier alpha value is -4.41. The monoisotopic (exact) mass is 437 g/mol. The van der Waals surface area contributed by atoms with Crippen LogP contribution in [0.15, 0.2) is 48.7 Å². The van der Waals surface area contributed by atoms with Crippen molar-refractivity contribution >= 4 is 29.0 Å². The summed E-state index contributed by atoms with van der Waals surface area (Å²) in [5, 5.41) is 20.5. The number of anilines is 2. The van der Waals surface area contributed by atoms with E-state index in [0.717, 1.165) is 5.56 Å². The van der Waals surface area contributed by atoms with Gasteiger partial charge in [-0.05, 0) is 29.8 Å². The van der Waals surface area contributed by atoms with Crippen LogP contribution >= 0.6 is 0 Å². The third-order valence-corrected chi connectivity index (χ3v) is 5.07. The van der Waals surface area contributed by atoms with Gasteiger partial charge in [0.05, 0.1) is 31.8 Å². The molecule has 1 atom stereocenters. The summed E-state index contributed by atoms with van der Waals surface area (Å²) in [5.74, 6) is 0.817. The van der Waals surface area contributed by atoms with E-state index in [0.29, 0.717) is 28.6 Å². The Morgan fingerprint density at radius 1 is 1.19 bits per heavy atom. The number of rotatable bonds is 7. The van der Waals surface area contributed by atoms with Crippen LogP contribution in [0.3, 0.4) is 0 Å². The molecule has 1 aliphatic rings. The molecule has 1 unspecified atom stereocenters. The SMILES string of the molecule is COc1ccc(-c2cnn3c2NC(=O)C3CC(=O)Nc2ccc([N+](=O)[O-])cc2)cc1OC. The van der Waals surface area contributed by atoms with Gasteiger partial charge in [0.1, 0.15) is 11.9 Å². The van der Waals surface area contributed by atoms with Crippen LogP contribution in [0.5, 0.6) is 11.5 Å². The number of nitro benzene ring substituents is 1. The van der Waals surface area contributed by atoms with Crippen molar-refractivity contribution in [2.75, 3.05) is 24.9 Å². The van der Waals surface area contributed by atoms with E-state index in [1.807, 2.05) is 6.07 Å². The molecule has 0 spiro atoms. The Morgan fingerprint density at radius 3 is 2.56 bits per heavy atom. The van der Waals surface area contributed by atoms with Crippen molar-refractivity contribution in [1.82, 2.24) is 9.78 Å². The van der Waals surface area contributed by atoms with E-state index in [1.165, 1.54) is 36.1 Å². The van der Waals surface area contributed by atoms with Crippen LogP contribution in [-0.2, 0) is 9.59 Å². The Bertz CT molecular complexity index is 1200. The minimum absolute atomic E-state index is 0.0814. The Morgan fingerprint density at radius 2 is 1.91 bits per heavy atom. The van der Waals surface area contributed by atoms with Gasteiger partial charge in [-0.1, -0.05) is 6.07 Å². The van der Waals surface area contributed by atoms with E-state index >= 15 is 0 Å². The lowest BCUT2D eigenvalue weighted by Crippen LogP contribution is -2.23. The van der Waals surface area contributed by atoms with Gasteiger partial charge in [-0.2, -0.15) is 5.10 Å². The maximum Gasteiger partial charge on any atom is 0.269 e. The first kappa shape index (κ1) is 20.8. The molecule has 32 heavy (non-hydrogen) atoms. The molecule has 1 aliphatic heterocycles. The lowest BCUT2D eigenvalue weighted by Gasteiger charge is -2.10. The van der Waals surface area contributed by atoms with E-state index in [9.17, 15) is 19.7 Å². The maximum absolute atomic E-state index is 12.5. The third kappa shape index (κ3) is 3.83. The first-order valence-electron chi connectivity index (χ1n) is 9.56. The Balaban J connectivity index is 1.52. The molecule has 2 amide bonds. The van der Waals surface area contributed by atoms with Crippen molar-refractivity contribution in [2.24, 2.45) is 0 Å².